The number of aromatic amines is 1. The van der Waals surface area contributed by atoms with E-state index in [2.05, 4.69) is 42.4 Å². The van der Waals surface area contributed by atoms with Gasteiger partial charge in [0.05, 0.1) is 0 Å². The molecule has 0 unspecified atom stereocenters. The number of aromatic nitrogens is 2. The van der Waals surface area contributed by atoms with Crippen molar-refractivity contribution in [1.29, 1.82) is 0 Å². The molecule has 2 aromatic rings. The molecule has 0 saturated carbocycles. The zero-order chi connectivity index (χ0) is 15.0. The summed E-state index contributed by atoms with van der Waals surface area (Å²) >= 11 is 0. The van der Waals surface area contributed by atoms with Gasteiger partial charge in [-0.05, 0) is 36.3 Å². The van der Waals surface area contributed by atoms with Crippen molar-refractivity contribution in [3.63, 3.8) is 0 Å². The number of nitrogens with one attached hydrogen (secondary N) is 2. The van der Waals surface area contributed by atoms with Crippen molar-refractivity contribution in [3.05, 3.63) is 46.8 Å². The SMILES string of the molecule is CC(C)(C)c1ccccc1NC(=O)c1n[nH]c2c1CCC2. The maximum atomic E-state index is 12.5. The van der Waals surface area contributed by atoms with Crippen LogP contribution in [0.4, 0.5) is 5.69 Å². The summed E-state index contributed by atoms with van der Waals surface area (Å²) in [6.07, 6.45) is 3.03. The predicted molar refractivity (Wildman–Crippen MR) is 83.7 cm³/mol. The van der Waals surface area contributed by atoms with Crippen LogP contribution in [0.5, 0.6) is 0 Å². The van der Waals surface area contributed by atoms with Crippen molar-refractivity contribution >= 4 is 11.6 Å². The Bertz CT molecular complexity index is 680. The minimum Gasteiger partial charge on any atom is -0.320 e. The molecule has 1 heterocycles. The van der Waals surface area contributed by atoms with Crippen LogP contribution in [-0.4, -0.2) is 16.1 Å². The lowest BCUT2D eigenvalue weighted by Crippen LogP contribution is -2.19. The third-order valence-corrected chi connectivity index (χ3v) is 4.00. The first-order valence-electron chi connectivity index (χ1n) is 7.44. The largest absolute Gasteiger partial charge is 0.320 e. The van der Waals surface area contributed by atoms with E-state index in [9.17, 15) is 4.79 Å². The first-order chi connectivity index (χ1) is 9.97. The molecule has 0 atom stereocenters. The van der Waals surface area contributed by atoms with Crippen molar-refractivity contribution in [2.24, 2.45) is 0 Å². The van der Waals surface area contributed by atoms with Crippen molar-refractivity contribution in [3.8, 4) is 0 Å². The fourth-order valence-electron chi connectivity index (χ4n) is 2.93. The Morgan fingerprint density at radius 1 is 1.24 bits per heavy atom. The first kappa shape index (κ1) is 13.9. The maximum Gasteiger partial charge on any atom is 0.276 e. The van der Waals surface area contributed by atoms with E-state index in [0.717, 1.165) is 41.8 Å². The molecular formula is C17H21N3O. The highest BCUT2D eigenvalue weighted by atomic mass is 16.1. The molecule has 1 aromatic heterocycles. The number of para-hydroxylation sites is 1. The van der Waals surface area contributed by atoms with Gasteiger partial charge in [0.25, 0.3) is 5.91 Å². The van der Waals surface area contributed by atoms with Crippen LogP contribution in [0.3, 0.4) is 0 Å². The molecule has 110 valence electrons. The third-order valence-electron chi connectivity index (χ3n) is 4.00. The molecule has 0 fully saturated rings. The zero-order valence-corrected chi connectivity index (χ0v) is 12.8. The van der Waals surface area contributed by atoms with Crippen molar-refractivity contribution in [2.45, 2.75) is 45.4 Å². The number of benzene rings is 1. The van der Waals surface area contributed by atoms with Crippen LogP contribution in [0, 0.1) is 0 Å². The number of nitrogens with zero attached hydrogens (tertiary/aromatic N) is 1. The first-order valence-corrected chi connectivity index (χ1v) is 7.44. The van der Waals surface area contributed by atoms with Gasteiger partial charge in [-0.15, -0.1) is 0 Å². The van der Waals surface area contributed by atoms with E-state index in [1.807, 2.05) is 18.2 Å². The van der Waals surface area contributed by atoms with Gasteiger partial charge >= 0.3 is 0 Å². The molecule has 3 rings (SSSR count). The summed E-state index contributed by atoms with van der Waals surface area (Å²) in [5.41, 5.74) is 4.73. The molecule has 1 aliphatic carbocycles. The Hall–Kier alpha value is -2.10. The number of hydrogen-bond donors (Lipinski definition) is 2. The number of carbonyl (C=O) groups excluding carboxylic acids is 1. The Morgan fingerprint density at radius 2 is 2.00 bits per heavy atom. The van der Waals surface area contributed by atoms with E-state index < -0.39 is 0 Å². The quantitative estimate of drug-likeness (QED) is 0.887. The average molecular weight is 283 g/mol. The van der Waals surface area contributed by atoms with Gasteiger partial charge in [0.2, 0.25) is 0 Å². The predicted octanol–water partition coefficient (Wildman–Crippen LogP) is 3.45. The number of fused-ring (bicyclic) bond motifs is 1. The Balaban J connectivity index is 1.89. The molecule has 21 heavy (non-hydrogen) atoms. The Labute approximate surface area is 125 Å². The summed E-state index contributed by atoms with van der Waals surface area (Å²) in [4.78, 5) is 12.5. The van der Waals surface area contributed by atoms with Crippen LogP contribution < -0.4 is 5.32 Å². The van der Waals surface area contributed by atoms with Gasteiger partial charge in [-0.2, -0.15) is 5.10 Å². The van der Waals surface area contributed by atoms with E-state index in [-0.39, 0.29) is 11.3 Å². The van der Waals surface area contributed by atoms with E-state index in [1.165, 1.54) is 0 Å². The summed E-state index contributed by atoms with van der Waals surface area (Å²) in [7, 11) is 0. The number of hydrogen-bond acceptors (Lipinski definition) is 2. The van der Waals surface area contributed by atoms with Crippen LogP contribution in [0.25, 0.3) is 0 Å². The summed E-state index contributed by atoms with van der Waals surface area (Å²) in [6.45, 7) is 6.43. The lowest BCUT2D eigenvalue weighted by Gasteiger charge is -2.22. The molecule has 1 aliphatic rings. The number of aryl methyl sites for hydroxylation is 1. The van der Waals surface area contributed by atoms with Crippen molar-refractivity contribution in [1.82, 2.24) is 10.2 Å². The number of rotatable bonds is 2. The normalized spacial score (nSPS) is 14.0. The summed E-state index contributed by atoms with van der Waals surface area (Å²) in [5, 5.41) is 10.2. The van der Waals surface area contributed by atoms with Gasteiger partial charge in [-0.3, -0.25) is 9.89 Å². The van der Waals surface area contributed by atoms with Crippen molar-refractivity contribution < 1.29 is 4.79 Å². The summed E-state index contributed by atoms with van der Waals surface area (Å²) in [6, 6.07) is 7.96. The molecule has 1 aromatic carbocycles. The van der Waals surface area contributed by atoms with Crippen LogP contribution >= 0.6 is 0 Å². The summed E-state index contributed by atoms with van der Waals surface area (Å²) in [5.74, 6) is -0.119. The topological polar surface area (TPSA) is 57.8 Å². The molecular weight excluding hydrogens is 262 g/mol. The van der Waals surface area contributed by atoms with E-state index in [4.69, 9.17) is 0 Å². The van der Waals surface area contributed by atoms with Gasteiger partial charge in [-0.25, -0.2) is 0 Å². The van der Waals surface area contributed by atoms with E-state index in [1.54, 1.807) is 0 Å². The lowest BCUT2D eigenvalue weighted by molar-refractivity contribution is 0.102. The third kappa shape index (κ3) is 2.58. The van der Waals surface area contributed by atoms with E-state index >= 15 is 0 Å². The molecule has 0 radical (unpaired) electrons. The standard InChI is InChI=1S/C17H21N3O/c1-17(2,3)12-8-4-5-9-14(12)18-16(21)15-11-7-6-10-13(11)19-20-15/h4-5,8-9H,6-7,10H2,1-3H3,(H,18,21)(H,19,20). The number of anilines is 1. The molecule has 2 N–H and O–H groups in total. The van der Waals surface area contributed by atoms with Crippen molar-refractivity contribution in [2.75, 3.05) is 5.32 Å². The Morgan fingerprint density at radius 3 is 2.76 bits per heavy atom. The smallest absolute Gasteiger partial charge is 0.276 e. The number of H-pyrrole nitrogens is 1. The number of amides is 1. The molecule has 0 bridgehead atoms. The molecule has 0 saturated heterocycles. The zero-order valence-electron chi connectivity index (χ0n) is 12.8. The molecule has 4 nitrogen and oxygen atoms in total. The van der Waals surface area contributed by atoms with Crippen LogP contribution in [0.2, 0.25) is 0 Å². The molecule has 4 heteroatoms. The maximum absolute atomic E-state index is 12.5. The van der Waals surface area contributed by atoms with Crippen LogP contribution in [0.1, 0.15) is 54.5 Å². The molecule has 0 spiro atoms. The highest BCUT2D eigenvalue weighted by Gasteiger charge is 2.24. The fourth-order valence-corrected chi connectivity index (χ4v) is 2.93. The van der Waals surface area contributed by atoms with Gasteiger partial charge in [0.15, 0.2) is 5.69 Å². The average Bonchev–Trinajstić information content (AvgIpc) is 2.99. The molecule has 1 amide bonds. The monoisotopic (exact) mass is 283 g/mol. The minimum atomic E-state index is -0.119. The van der Waals surface area contributed by atoms with E-state index in [0.29, 0.717) is 5.69 Å². The lowest BCUT2D eigenvalue weighted by atomic mass is 9.86. The second kappa shape index (κ2) is 5.02. The Kier molecular flexibility index (Phi) is 3.32. The van der Waals surface area contributed by atoms with Gasteiger partial charge < -0.3 is 5.32 Å². The molecule has 0 aliphatic heterocycles. The van der Waals surface area contributed by atoms with Crippen LogP contribution in [-0.2, 0) is 18.3 Å². The highest BCUT2D eigenvalue weighted by Crippen LogP contribution is 2.30. The summed E-state index contributed by atoms with van der Waals surface area (Å²) < 4.78 is 0. The highest BCUT2D eigenvalue weighted by molar-refractivity contribution is 6.04. The second-order valence-corrected chi connectivity index (χ2v) is 6.63. The van der Waals surface area contributed by atoms with Gasteiger partial charge in [0, 0.05) is 16.9 Å². The van der Waals surface area contributed by atoms with Gasteiger partial charge in [0.1, 0.15) is 0 Å². The van der Waals surface area contributed by atoms with Gasteiger partial charge in [-0.1, -0.05) is 39.0 Å². The fraction of sp³-hybridized carbons (Fsp3) is 0.412. The minimum absolute atomic E-state index is 0.0165. The number of carbonyl (C=O) groups is 1. The second-order valence-electron chi connectivity index (χ2n) is 6.63. The van der Waals surface area contributed by atoms with Crippen LogP contribution in [0.15, 0.2) is 24.3 Å².